The zero-order valence-electron chi connectivity index (χ0n) is 24.3. The topological polar surface area (TPSA) is 87.9 Å². The third-order valence-corrected chi connectivity index (χ3v) is 11.2. The Bertz CT molecular complexity index is 1630. The average Bonchev–Trinajstić information content (AvgIpc) is 3.57. The number of hydrogen-bond donors (Lipinski definition) is 0. The van der Waals surface area contributed by atoms with Gasteiger partial charge in [0.1, 0.15) is 5.69 Å². The average molecular weight is 604 g/mol. The molecule has 2 atom stereocenters. The molecule has 2 saturated heterocycles. The lowest BCUT2D eigenvalue weighted by Crippen LogP contribution is -2.42. The molecule has 3 aliphatic heterocycles. The number of aromatic nitrogens is 2. The van der Waals surface area contributed by atoms with Gasteiger partial charge in [-0.1, -0.05) is 51.1 Å². The number of carbonyl (C=O) groups is 1. The number of piperidine rings is 2. The van der Waals surface area contributed by atoms with Gasteiger partial charge in [-0.2, -0.15) is 14.4 Å². The Morgan fingerprint density at radius 3 is 2.36 bits per heavy atom. The molecule has 0 saturated carbocycles. The first-order valence-corrected chi connectivity index (χ1v) is 17.0. The van der Waals surface area contributed by atoms with Crippen LogP contribution in [-0.4, -0.2) is 64.7 Å². The number of nitrogens with zero attached hydrogens (tertiary/aromatic N) is 5. The molecule has 0 N–H and O–H groups in total. The van der Waals surface area contributed by atoms with Crippen molar-refractivity contribution in [2.24, 2.45) is 22.7 Å². The minimum absolute atomic E-state index is 0.253. The molecule has 3 aromatic rings. The number of carbonyl (C=O) groups excluding carboxylic acids is 1. The molecule has 1 aromatic heterocycles. The number of thioether (sulfide) groups is 1. The van der Waals surface area contributed by atoms with Crippen LogP contribution in [0.2, 0.25) is 0 Å². The van der Waals surface area contributed by atoms with Crippen LogP contribution in [0.4, 0.5) is 0 Å². The summed E-state index contributed by atoms with van der Waals surface area (Å²) < 4.78 is 30.8. The van der Waals surface area contributed by atoms with E-state index in [1.165, 1.54) is 11.8 Å². The monoisotopic (exact) mass is 603 g/mol. The number of hydrogen-bond acceptors (Lipinski definition) is 6. The maximum atomic E-state index is 13.7. The van der Waals surface area contributed by atoms with Crippen LogP contribution in [-0.2, 0) is 14.8 Å². The number of sulfonamides is 1. The highest BCUT2D eigenvalue weighted by Gasteiger charge is 2.32. The lowest BCUT2D eigenvalue weighted by atomic mass is 9.94. The quantitative estimate of drug-likeness (QED) is 0.337. The predicted octanol–water partition coefficient (Wildman–Crippen LogP) is 5.91. The zero-order chi connectivity index (χ0) is 29.4. The smallest absolute Gasteiger partial charge is 0.286 e. The Kier molecular flexibility index (Phi) is 8.13. The first-order valence-electron chi connectivity index (χ1n) is 14.7. The fourth-order valence-electron chi connectivity index (χ4n) is 6.06. The third kappa shape index (κ3) is 5.98. The van der Waals surface area contributed by atoms with Crippen LogP contribution in [0.25, 0.3) is 23.0 Å². The zero-order valence-corrected chi connectivity index (χ0v) is 25.9. The van der Waals surface area contributed by atoms with Crippen molar-refractivity contribution < 1.29 is 13.2 Å². The molecule has 6 rings (SSSR count). The largest absolute Gasteiger partial charge is 0.351 e. The van der Waals surface area contributed by atoms with Gasteiger partial charge in [-0.15, -0.1) is 0 Å². The molecule has 42 heavy (non-hydrogen) atoms. The summed E-state index contributed by atoms with van der Waals surface area (Å²) in [6.07, 6.45) is 6.94. The van der Waals surface area contributed by atoms with Crippen LogP contribution in [0.15, 0.2) is 75.6 Å². The minimum Gasteiger partial charge on any atom is -0.351 e. The molecule has 0 radical (unpaired) electrons. The van der Waals surface area contributed by atoms with Crippen molar-refractivity contribution >= 4 is 38.9 Å². The first-order chi connectivity index (χ1) is 20.2. The molecule has 10 heteroatoms. The molecule has 2 aromatic carbocycles. The van der Waals surface area contributed by atoms with Crippen LogP contribution in [0.1, 0.15) is 45.6 Å². The van der Waals surface area contributed by atoms with E-state index in [9.17, 15) is 13.2 Å². The summed E-state index contributed by atoms with van der Waals surface area (Å²) in [6.45, 7) is 9.32. The predicted molar refractivity (Wildman–Crippen MR) is 169 cm³/mol. The fraction of sp³-hybridized carbons (Fsp3) is 0.406. The Labute approximate surface area is 252 Å². The molecular weight excluding hydrogens is 567 g/mol. The van der Waals surface area contributed by atoms with Crippen LogP contribution in [0.3, 0.4) is 0 Å². The highest BCUT2D eigenvalue weighted by atomic mass is 32.2. The molecule has 0 bridgehead atoms. The van der Waals surface area contributed by atoms with Gasteiger partial charge in [0, 0.05) is 43.5 Å². The van der Waals surface area contributed by atoms with Crippen molar-refractivity contribution in [3.8, 4) is 16.9 Å². The van der Waals surface area contributed by atoms with E-state index in [4.69, 9.17) is 5.10 Å². The standard InChI is InChI=1S/C32H37N5O3S2/c1-22-12-14-35(15-13-22)32-33-31(38)29(41-32)18-26-21-37(27-9-5-4-6-10-27)34-30(26)25-8-7-11-28(17-25)42(39,40)36-19-23(2)16-24(3)20-36/h4-11,17-18,21-24H,12-16,19-20H2,1-3H3/b29-18-. The molecular formula is C32H37N5O3S2. The molecule has 3 aliphatic rings. The first kappa shape index (κ1) is 28.9. The molecule has 1 amide bonds. The highest BCUT2D eigenvalue weighted by Crippen LogP contribution is 2.35. The van der Waals surface area contributed by atoms with Crippen molar-refractivity contribution in [1.29, 1.82) is 0 Å². The van der Waals surface area contributed by atoms with Crippen LogP contribution < -0.4 is 0 Å². The van der Waals surface area contributed by atoms with E-state index in [-0.39, 0.29) is 10.8 Å². The number of para-hydroxylation sites is 1. The van der Waals surface area contributed by atoms with Gasteiger partial charge >= 0.3 is 0 Å². The molecule has 0 spiro atoms. The maximum Gasteiger partial charge on any atom is 0.286 e. The molecule has 2 unspecified atom stereocenters. The van der Waals surface area contributed by atoms with Crippen LogP contribution in [0, 0.1) is 17.8 Å². The Morgan fingerprint density at radius 1 is 0.929 bits per heavy atom. The third-order valence-electron chi connectivity index (χ3n) is 8.29. The highest BCUT2D eigenvalue weighted by molar-refractivity contribution is 8.18. The van der Waals surface area contributed by atoms with Gasteiger partial charge in [0.05, 0.1) is 15.5 Å². The molecule has 0 aliphatic carbocycles. The summed E-state index contributed by atoms with van der Waals surface area (Å²) in [4.78, 5) is 20.4. The van der Waals surface area contributed by atoms with E-state index < -0.39 is 10.0 Å². The maximum absolute atomic E-state index is 13.7. The normalized spacial score (nSPS) is 23.5. The fourth-order valence-corrected chi connectivity index (χ4v) is 8.74. The Balaban J connectivity index is 1.35. The van der Waals surface area contributed by atoms with E-state index in [1.54, 1.807) is 27.2 Å². The van der Waals surface area contributed by atoms with Crippen molar-refractivity contribution in [3.63, 3.8) is 0 Å². The van der Waals surface area contributed by atoms with Crippen molar-refractivity contribution in [2.75, 3.05) is 26.2 Å². The van der Waals surface area contributed by atoms with Gasteiger partial charge in [0.25, 0.3) is 5.91 Å². The summed E-state index contributed by atoms with van der Waals surface area (Å²) in [5.74, 6) is 1.06. The molecule has 8 nitrogen and oxygen atoms in total. The van der Waals surface area contributed by atoms with E-state index in [1.807, 2.05) is 48.7 Å². The second-order valence-electron chi connectivity index (χ2n) is 12.0. The lowest BCUT2D eigenvalue weighted by molar-refractivity contribution is -0.113. The number of likely N-dealkylation sites (tertiary alicyclic amines) is 1. The summed E-state index contributed by atoms with van der Waals surface area (Å²) in [7, 11) is -3.67. The van der Waals surface area contributed by atoms with Gasteiger partial charge in [-0.05, 0) is 79.1 Å². The van der Waals surface area contributed by atoms with E-state index in [0.717, 1.165) is 48.8 Å². The number of amidine groups is 1. The molecule has 4 heterocycles. The van der Waals surface area contributed by atoms with Crippen molar-refractivity contribution in [3.05, 3.63) is 71.3 Å². The van der Waals surface area contributed by atoms with E-state index in [0.29, 0.717) is 47.0 Å². The van der Waals surface area contributed by atoms with Gasteiger partial charge in [-0.25, -0.2) is 13.1 Å². The van der Waals surface area contributed by atoms with Crippen LogP contribution in [0.5, 0.6) is 0 Å². The minimum atomic E-state index is -3.67. The summed E-state index contributed by atoms with van der Waals surface area (Å²) in [5, 5.41) is 5.65. The molecule has 220 valence electrons. The summed E-state index contributed by atoms with van der Waals surface area (Å²) in [5.41, 5.74) is 2.89. The van der Waals surface area contributed by atoms with Crippen molar-refractivity contribution in [1.82, 2.24) is 19.0 Å². The van der Waals surface area contributed by atoms with Gasteiger partial charge in [0.2, 0.25) is 10.0 Å². The summed E-state index contributed by atoms with van der Waals surface area (Å²) >= 11 is 1.40. The summed E-state index contributed by atoms with van der Waals surface area (Å²) in [6, 6.07) is 16.8. The van der Waals surface area contributed by atoms with E-state index in [2.05, 4.69) is 30.7 Å². The number of benzene rings is 2. The Hall–Kier alpha value is -3.21. The van der Waals surface area contributed by atoms with E-state index >= 15 is 0 Å². The number of rotatable bonds is 5. The van der Waals surface area contributed by atoms with Crippen LogP contribution >= 0.6 is 11.8 Å². The van der Waals surface area contributed by atoms with Gasteiger partial charge in [0.15, 0.2) is 5.17 Å². The second kappa shape index (κ2) is 11.8. The number of aliphatic imine (C=N–C) groups is 1. The number of amides is 1. The lowest BCUT2D eigenvalue weighted by Gasteiger charge is -2.34. The SMILES string of the molecule is CC1CCN(C2=NC(=O)/C(=C/c3cn(-c4ccccc4)nc3-c3cccc(S(=O)(=O)N4CC(C)CC(C)C4)c3)S2)CC1. The van der Waals surface area contributed by atoms with Gasteiger partial charge in [-0.3, -0.25) is 4.79 Å². The second-order valence-corrected chi connectivity index (χ2v) is 14.9. The van der Waals surface area contributed by atoms with Gasteiger partial charge < -0.3 is 4.90 Å². The molecule has 2 fully saturated rings. The van der Waals surface area contributed by atoms with Crippen molar-refractivity contribution in [2.45, 2.75) is 44.9 Å². The Morgan fingerprint density at radius 2 is 1.64 bits per heavy atom.